The predicted molar refractivity (Wildman–Crippen MR) is 73.0 cm³/mol. The molecule has 0 aliphatic heterocycles. The van der Waals surface area contributed by atoms with Crippen molar-refractivity contribution in [3.8, 4) is 0 Å². The molecule has 0 spiro atoms. The van der Waals surface area contributed by atoms with Crippen molar-refractivity contribution in [1.82, 2.24) is 15.5 Å². The first kappa shape index (κ1) is 13.7. The van der Waals surface area contributed by atoms with Gasteiger partial charge in [-0.15, -0.1) is 10.2 Å². The minimum atomic E-state index is -0.164. The molecule has 1 saturated carbocycles. The molecule has 0 bridgehead atoms. The molecule has 0 radical (unpaired) electrons. The Bertz CT molecular complexity index is 410. The maximum atomic E-state index is 11.7. The fourth-order valence-corrected chi connectivity index (χ4v) is 3.33. The number of amides is 1. The monoisotopic (exact) mass is 287 g/mol. The molecule has 1 amide bonds. The van der Waals surface area contributed by atoms with Crippen LogP contribution in [0.15, 0.2) is 0 Å². The van der Waals surface area contributed by atoms with Crippen LogP contribution in [0.25, 0.3) is 0 Å². The predicted octanol–water partition coefficient (Wildman–Crippen LogP) is 3.14. The number of carbonyl (C=O) groups excluding carboxylic acids is 1. The fraction of sp³-hybridized carbons (Fsp3) is 0.750. The Kier molecular flexibility index (Phi) is 4.95. The zero-order valence-electron chi connectivity index (χ0n) is 10.5. The van der Waals surface area contributed by atoms with Crippen LogP contribution in [0.1, 0.15) is 48.8 Å². The lowest BCUT2D eigenvalue weighted by Crippen LogP contribution is -2.27. The van der Waals surface area contributed by atoms with Crippen LogP contribution in [0.2, 0.25) is 4.47 Å². The van der Waals surface area contributed by atoms with E-state index < -0.39 is 0 Å². The van der Waals surface area contributed by atoms with Gasteiger partial charge in [-0.05, 0) is 36.3 Å². The first-order chi connectivity index (χ1) is 8.65. The van der Waals surface area contributed by atoms with E-state index in [1.165, 1.54) is 25.7 Å². The highest BCUT2D eigenvalue weighted by molar-refractivity contribution is 7.17. The number of carbonyl (C=O) groups is 1. The summed E-state index contributed by atoms with van der Waals surface area (Å²) in [4.78, 5) is 11.7. The lowest BCUT2D eigenvalue weighted by atomic mass is 9.81. The van der Waals surface area contributed by atoms with Gasteiger partial charge in [-0.2, -0.15) is 0 Å². The Hall–Kier alpha value is -0.680. The molecule has 1 fully saturated rings. The van der Waals surface area contributed by atoms with Crippen LogP contribution in [0.5, 0.6) is 0 Å². The number of nitrogens with zero attached hydrogens (tertiary/aromatic N) is 2. The van der Waals surface area contributed by atoms with Gasteiger partial charge >= 0.3 is 0 Å². The molecule has 1 aromatic rings. The van der Waals surface area contributed by atoms with Crippen molar-refractivity contribution in [2.75, 3.05) is 6.54 Å². The Morgan fingerprint density at radius 3 is 3.00 bits per heavy atom. The van der Waals surface area contributed by atoms with Crippen molar-refractivity contribution in [3.63, 3.8) is 0 Å². The van der Waals surface area contributed by atoms with Crippen molar-refractivity contribution in [3.05, 3.63) is 9.47 Å². The van der Waals surface area contributed by atoms with Gasteiger partial charge in [0.05, 0.1) is 0 Å². The van der Waals surface area contributed by atoms with E-state index in [2.05, 4.69) is 22.4 Å². The van der Waals surface area contributed by atoms with Gasteiger partial charge < -0.3 is 5.32 Å². The lowest BCUT2D eigenvalue weighted by Gasteiger charge is -2.26. The Morgan fingerprint density at radius 2 is 2.33 bits per heavy atom. The van der Waals surface area contributed by atoms with E-state index in [4.69, 9.17) is 11.6 Å². The van der Waals surface area contributed by atoms with Crippen LogP contribution in [0, 0.1) is 11.8 Å². The molecule has 1 aliphatic rings. The summed E-state index contributed by atoms with van der Waals surface area (Å²) in [5, 5.41) is 10.6. The van der Waals surface area contributed by atoms with Crippen LogP contribution >= 0.6 is 22.9 Å². The minimum Gasteiger partial charge on any atom is -0.350 e. The Morgan fingerprint density at radius 1 is 1.50 bits per heavy atom. The summed E-state index contributed by atoms with van der Waals surface area (Å²) in [6.45, 7) is 3.03. The first-order valence-electron chi connectivity index (χ1n) is 6.42. The molecule has 6 heteroatoms. The quantitative estimate of drug-likeness (QED) is 0.925. The zero-order valence-corrected chi connectivity index (χ0v) is 12.1. The third-order valence-electron chi connectivity index (χ3n) is 3.48. The van der Waals surface area contributed by atoms with Crippen LogP contribution in [-0.4, -0.2) is 22.6 Å². The standard InChI is InChI=1S/C12H18ClN3OS/c1-8-3-2-4-9(7-8)5-6-14-10(17)11-15-16-12(13)18-11/h8-9H,2-7H2,1H3,(H,14,17). The number of nitrogens with one attached hydrogen (secondary N) is 1. The number of halogens is 1. The molecular formula is C12H18ClN3OS. The van der Waals surface area contributed by atoms with Gasteiger partial charge in [0.2, 0.25) is 9.47 Å². The molecular weight excluding hydrogens is 270 g/mol. The van der Waals surface area contributed by atoms with Gasteiger partial charge in [-0.25, -0.2) is 0 Å². The normalized spacial score (nSPS) is 23.9. The summed E-state index contributed by atoms with van der Waals surface area (Å²) in [7, 11) is 0. The maximum Gasteiger partial charge on any atom is 0.282 e. The highest BCUT2D eigenvalue weighted by atomic mass is 35.5. The zero-order chi connectivity index (χ0) is 13.0. The summed E-state index contributed by atoms with van der Waals surface area (Å²) in [6.07, 6.45) is 6.33. The second-order valence-corrected chi connectivity index (χ2v) is 6.60. The molecule has 2 rings (SSSR count). The van der Waals surface area contributed by atoms with Gasteiger partial charge in [0, 0.05) is 6.54 Å². The molecule has 0 aromatic carbocycles. The Balaban J connectivity index is 1.70. The molecule has 2 atom stereocenters. The minimum absolute atomic E-state index is 0.164. The van der Waals surface area contributed by atoms with Gasteiger partial charge in [0.1, 0.15) is 0 Å². The molecule has 1 aliphatic carbocycles. The van der Waals surface area contributed by atoms with Gasteiger partial charge in [-0.3, -0.25) is 4.79 Å². The number of hydrogen-bond donors (Lipinski definition) is 1. The van der Waals surface area contributed by atoms with E-state index in [9.17, 15) is 4.79 Å². The summed E-state index contributed by atoms with van der Waals surface area (Å²) in [6, 6.07) is 0. The average Bonchev–Trinajstić information content (AvgIpc) is 2.76. The van der Waals surface area contributed by atoms with Crippen LogP contribution in [-0.2, 0) is 0 Å². The number of hydrogen-bond acceptors (Lipinski definition) is 4. The van der Waals surface area contributed by atoms with Crippen molar-refractivity contribution >= 4 is 28.8 Å². The second kappa shape index (κ2) is 6.48. The van der Waals surface area contributed by atoms with Crippen molar-refractivity contribution in [1.29, 1.82) is 0 Å². The van der Waals surface area contributed by atoms with Crippen LogP contribution in [0.3, 0.4) is 0 Å². The molecule has 100 valence electrons. The average molecular weight is 288 g/mol. The van der Waals surface area contributed by atoms with Crippen molar-refractivity contribution in [2.45, 2.75) is 39.0 Å². The highest BCUT2D eigenvalue weighted by Gasteiger charge is 2.19. The maximum absolute atomic E-state index is 11.7. The first-order valence-corrected chi connectivity index (χ1v) is 7.62. The molecule has 0 saturated heterocycles. The van der Waals surface area contributed by atoms with E-state index in [0.717, 1.165) is 29.6 Å². The summed E-state index contributed by atoms with van der Waals surface area (Å²) < 4.78 is 0.307. The Labute approximate surface area is 116 Å². The third kappa shape index (κ3) is 3.92. The van der Waals surface area contributed by atoms with Gasteiger partial charge in [-0.1, -0.05) is 37.5 Å². The van der Waals surface area contributed by atoms with E-state index in [1.54, 1.807) is 0 Å². The number of rotatable bonds is 4. The molecule has 1 aromatic heterocycles. The summed E-state index contributed by atoms with van der Waals surface area (Å²) >= 11 is 6.75. The van der Waals surface area contributed by atoms with Crippen molar-refractivity contribution in [2.24, 2.45) is 11.8 Å². The molecule has 2 unspecified atom stereocenters. The summed E-state index contributed by atoms with van der Waals surface area (Å²) in [5.74, 6) is 1.43. The smallest absolute Gasteiger partial charge is 0.282 e. The van der Waals surface area contributed by atoms with Gasteiger partial charge in [0.25, 0.3) is 5.91 Å². The van der Waals surface area contributed by atoms with E-state index >= 15 is 0 Å². The summed E-state index contributed by atoms with van der Waals surface area (Å²) in [5.41, 5.74) is 0. The molecule has 1 heterocycles. The number of aromatic nitrogens is 2. The SMILES string of the molecule is CC1CCCC(CCNC(=O)c2nnc(Cl)s2)C1. The molecule has 1 N–H and O–H groups in total. The van der Waals surface area contributed by atoms with E-state index in [0.29, 0.717) is 16.0 Å². The van der Waals surface area contributed by atoms with E-state index in [1.807, 2.05) is 0 Å². The second-order valence-electron chi connectivity index (χ2n) is 5.04. The van der Waals surface area contributed by atoms with Crippen LogP contribution in [0.4, 0.5) is 0 Å². The highest BCUT2D eigenvalue weighted by Crippen LogP contribution is 2.30. The van der Waals surface area contributed by atoms with Crippen molar-refractivity contribution < 1.29 is 4.79 Å². The molecule has 4 nitrogen and oxygen atoms in total. The molecule has 18 heavy (non-hydrogen) atoms. The van der Waals surface area contributed by atoms with Gasteiger partial charge in [0.15, 0.2) is 0 Å². The fourth-order valence-electron chi connectivity index (χ4n) is 2.58. The topological polar surface area (TPSA) is 54.9 Å². The lowest BCUT2D eigenvalue weighted by molar-refractivity contribution is 0.0948. The van der Waals surface area contributed by atoms with Crippen LogP contribution < -0.4 is 5.32 Å². The largest absolute Gasteiger partial charge is 0.350 e. The van der Waals surface area contributed by atoms with E-state index in [-0.39, 0.29) is 5.91 Å². The third-order valence-corrected chi connectivity index (χ3v) is 4.50.